The van der Waals surface area contributed by atoms with Crippen LogP contribution < -0.4 is 56.5 Å². The molecule has 4 heteroatoms. The fourth-order valence-electron chi connectivity index (χ4n) is 0.371. The van der Waals surface area contributed by atoms with Crippen molar-refractivity contribution in [2.45, 2.75) is 23.7 Å². The van der Waals surface area contributed by atoms with Crippen molar-refractivity contribution in [3.05, 3.63) is 0 Å². The SMILES string of the molecule is CCCC(I)C(=O)[O-].[K+]. The molecule has 0 radical (unpaired) electrons. The molecule has 0 aliphatic heterocycles. The first-order chi connectivity index (χ1) is 3.68. The molecule has 0 saturated heterocycles. The number of hydrogen-bond acceptors (Lipinski definition) is 2. The van der Waals surface area contributed by atoms with Gasteiger partial charge in [0.2, 0.25) is 0 Å². The van der Waals surface area contributed by atoms with Crippen LogP contribution >= 0.6 is 22.6 Å². The van der Waals surface area contributed by atoms with Gasteiger partial charge < -0.3 is 9.90 Å². The molecule has 0 saturated carbocycles. The molecule has 0 bridgehead atoms. The molecule has 0 rings (SSSR count). The van der Waals surface area contributed by atoms with Crippen molar-refractivity contribution < 1.29 is 61.3 Å². The Morgan fingerprint density at radius 2 is 2.22 bits per heavy atom. The summed E-state index contributed by atoms with van der Waals surface area (Å²) in [5.41, 5.74) is 0. The van der Waals surface area contributed by atoms with E-state index in [0.29, 0.717) is 6.42 Å². The van der Waals surface area contributed by atoms with E-state index >= 15 is 0 Å². The van der Waals surface area contributed by atoms with Gasteiger partial charge in [-0.2, -0.15) is 0 Å². The van der Waals surface area contributed by atoms with Crippen molar-refractivity contribution in [2.75, 3.05) is 0 Å². The van der Waals surface area contributed by atoms with Crippen LogP contribution in [-0.2, 0) is 4.79 Å². The van der Waals surface area contributed by atoms with Gasteiger partial charge in [0.05, 0.1) is 9.89 Å². The average molecular weight is 266 g/mol. The first-order valence-corrected chi connectivity index (χ1v) is 3.78. The van der Waals surface area contributed by atoms with Crippen LogP contribution in [0.3, 0.4) is 0 Å². The van der Waals surface area contributed by atoms with Crippen molar-refractivity contribution in [3.63, 3.8) is 0 Å². The molecule has 1 atom stereocenters. The summed E-state index contributed by atoms with van der Waals surface area (Å²) in [6.45, 7) is 1.95. The maximum Gasteiger partial charge on any atom is 1.00 e. The predicted molar refractivity (Wildman–Crippen MR) is 37.7 cm³/mol. The van der Waals surface area contributed by atoms with Gasteiger partial charge in [-0.3, -0.25) is 0 Å². The smallest absolute Gasteiger partial charge is 0.549 e. The van der Waals surface area contributed by atoms with E-state index in [1.165, 1.54) is 0 Å². The zero-order chi connectivity index (χ0) is 6.57. The van der Waals surface area contributed by atoms with E-state index in [-0.39, 0.29) is 55.3 Å². The standard InChI is InChI=1S/C5H9IO2.K/c1-2-3-4(6)5(7)8;/h4H,2-3H2,1H3,(H,7,8);/q;+1/p-1. The number of carbonyl (C=O) groups is 1. The Labute approximate surface area is 111 Å². The van der Waals surface area contributed by atoms with Crippen LogP contribution in [0.25, 0.3) is 0 Å². The van der Waals surface area contributed by atoms with E-state index in [2.05, 4.69) is 0 Å². The molecule has 0 fully saturated rings. The van der Waals surface area contributed by atoms with Gasteiger partial charge in [-0.05, 0) is 6.42 Å². The van der Waals surface area contributed by atoms with Crippen LogP contribution in [0.2, 0.25) is 0 Å². The molecule has 48 valence electrons. The maximum atomic E-state index is 9.97. The van der Waals surface area contributed by atoms with Crippen molar-refractivity contribution in [1.82, 2.24) is 0 Å². The molecule has 0 aliphatic carbocycles. The van der Waals surface area contributed by atoms with Gasteiger partial charge in [-0.15, -0.1) is 0 Å². The number of aliphatic carboxylic acids is 1. The maximum absolute atomic E-state index is 9.97. The molecule has 0 aromatic carbocycles. The van der Waals surface area contributed by atoms with Crippen LogP contribution in [0.4, 0.5) is 0 Å². The van der Waals surface area contributed by atoms with Crippen LogP contribution in [0.15, 0.2) is 0 Å². The largest absolute Gasteiger partial charge is 1.00 e. The summed E-state index contributed by atoms with van der Waals surface area (Å²) in [6.07, 6.45) is 1.62. The Morgan fingerprint density at radius 3 is 2.33 bits per heavy atom. The minimum atomic E-state index is -0.951. The number of hydrogen-bond donors (Lipinski definition) is 0. The monoisotopic (exact) mass is 266 g/mol. The van der Waals surface area contributed by atoms with Gasteiger partial charge in [-0.25, -0.2) is 0 Å². The molecule has 2 nitrogen and oxygen atoms in total. The second-order valence-electron chi connectivity index (χ2n) is 1.58. The second kappa shape index (κ2) is 7.94. The van der Waals surface area contributed by atoms with Gasteiger partial charge in [0.1, 0.15) is 0 Å². The van der Waals surface area contributed by atoms with Crippen LogP contribution in [0, 0.1) is 0 Å². The number of carboxylic acid groups (broad SMARTS) is 1. The Kier molecular flexibility index (Phi) is 11.8. The average Bonchev–Trinajstić information content (AvgIpc) is 1.67. The molecule has 0 aliphatic rings. The summed E-state index contributed by atoms with van der Waals surface area (Å²) in [5.74, 6) is -0.951. The van der Waals surface area contributed by atoms with Gasteiger partial charge >= 0.3 is 51.4 Å². The zero-order valence-electron chi connectivity index (χ0n) is 5.69. The van der Waals surface area contributed by atoms with Gasteiger partial charge in [0.15, 0.2) is 0 Å². The molecular formula is C5H8IKO2. The quantitative estimate of drug-likeness (QED) is 0.318. The van der Waals surface area contributed by atoms with E-state index < -0.39 is 5.97 Å². The Balaban J connectivity index is 0. The van der Waals surface area contributed by atoms with Crippen LogP contribution in [0.1, 0.15) is 19.8 Å². The predicted octanol–water partition coefficient (Wildman–Crippen LogP) is -2.66. The van der Waals surface area contributed by atoms with E-state index in [9.17, 15) is 9.90 Å². The summed E-state index contributed by atoms with van der Waals surface area (Å²) in [5, 5.41) is 9.97. The molecule has 0 N–H and O–H groups in total. The van der Waals surface area contributed by atoms with Gasteiger partial charge in [-0.1, -0.05) is 35.9 Å². The molecule has 0 amide bonds. The van der Waals surface area contributed by atoms with Gasteiger partial charge in [0, 0.05) is 0 Å². The van der Waals surface area contributed by atoms with Crippen LogP contribution in [0.5, 0.6) is 0 Å². The number of alkyl halides is 1. The minimum Gasteiger partial charge on any atom is -0.549 e. The summed E-state index contributed by atoms with van der Waals surface area (Å²) >= 11 is 1.87. The number of carboxylic acids is 1. The molecule has 0 heterocycles. The second-order valence-corrected chi connectivity index (χ2v) is 3.08. The zero-order valence-corrected chi connectivity index (χ0v) is 11.0. The fourth-order valence-corrected chi connectivity index (χ4v) is 0.994. The van der Waals surface area contributed by atoms with E-state index in [4.69, 9.17) is 0 Å². The molecule has 0 aromatic rings. The molecule has 9 heavy (non-hydrogen) atoms. The normalized spacial score (nSPS) is 11.8. The Morgan fingerprint density at radius 1 is 1.78 bits per heavy atom. The van der Waals surface area contributed by atoms with Crippen molar-refractivity contribution in [2.24, 2.45) is 0 Å². The van der Waals surface area contributed by atoms with Crippen molar-refractivity contribution in [1.29, 1.82) is 0 Å². The first-order valence-electron chi connectivity index (χ1n) is 2.53. The molecule has 0 aromatic heterocycles. The summed E-state index contributed by atoms with van der Waals surface area (Å²) in [7, 11) is 0. The minimum absolute atomic E-state index is 0. The number of halogens is 1. The summed E-state index contributed by atoms with van der Waals surface area (Å²) in [6, 6.07) is 0. The van der Waals surface area contributed by atoms with E-state index in [1.807, 2.05) is 29.5 Å². The molecule has 1 unspecified atom stereocenters. The topological polar surface area (TPSA) is 40.1 Å². The van der Waals surface area contributed by atoms with Crippen molar-refractivity contribution in [3.8, 4) is 0 Å². The third kappa shape index (κ3) is 7.74. The third-order valence-corrected chi connectivity index (χ3v) is 1.93. The summed E-state index contributed by atoms with van der Waals surface area (Å²) < 4.78 is -0.308. The first kappa shape index (κ1) is 13.4. The number of carbonyl (C=O) groups excluding carboxylic acids is 1. The molecule has 0 spiro atoms. The fraction of sp³-hybridized carbons (Fsp3) is 0.800. The Hall–Kier alpha value is 1.84. The Bertz CT molecular complexity index is 87.0. The number of rotatable bonds is 3. The molecular weight excluding hydrogens is 258 g/mol. The van der Waals surface area contributed by atoms with E-state index in [1.54, 1.807) is 0 Å². The van der Waals surface area contributed by atoms with Crippen LogP contribution in [-0.4, -0.2) is 9.89 Å². The third-order valence-electron chi connectivity index (χ3n) is 0.798. The van der Waals surface area contributed by atoms with E-state index in [0.717, 1.165) is 6.42 Å². The summed E-state index contributed by atoms with van der Waals surface area (Å²) in [4.78, 5) is 9.97. The van der Waals surface area contributed by atoms with Gasteiger partial charge in [0.25, 0.3) is 0 Å². The van der Waals surface area contributed by atoms with Crippen molar-refractivity contribution >= 4 is 28.6 Å².